The van der Waals surface area contributed by atoms with E-state index in [0.29, 0.717) is 32.6 Å². The van der Waals surface area contributed by atoms with Crippen LogP contribution >= 0.6 is 11.8 Å². The maximum Gasteiger partial charge on any atom is 0.321 e. The second-order valence-corrected chi connectivity index (χ2v) is 10.6. The van der Waals surface area contributed by atoms with Gasteiger partial charge in [-0.15, -0.1) is 11.8 Å². The van der Waals surface area contributed by atoms with Gasteiger partial charge in [0.15, 0.2) is 0 Å². The number of thioether (sulfide) groups is 1. The van der Waals surface area contributed by atoms with Crippen LogP contribution in [0.15, 0.2) is 59.5 Å². The first-order valence-corrected chi connectivity index (χ1v) is 13.8. The first kappa shape index (κ1) is 24.5. The van der Waals surface area contributed by atoms with Gasteiger partial charge in [0.2, 0.25) is 5.91 Å². The van der Waals surface area contributed by atoms with E-state index < -0.39 is 5.54 Å². The third-order valence-electron chi connectivity index (χ3n) is 7.59. The number of anilines is 2. The van der Waals surface area contributed by atoms with E-state index >= 15 is 0 Å². The number of amides is 4. The molecule has 3 fully saturated rings. The Labute approximate surface area is 216 Å². The van der Waals surface area contributed by atoms with E-state index in [-0.39, 0.29) is 24.4 Å². The number of carbonyl (C=O) groups excluding carboxylic acids is 3. The smallest absolute Gasteiger partial charge is 0.321 e. The van der Waals surface area contributed by atoms with Crippen molar-refractivity contribution in [3.8, 4) is 0 Å². The quantitative estimate of drug-likeness (QED) is 0.625. The summed E-state index contributed by atoms with van der Waals surface area (Å²) < 4.78 is 0. The van der Waals surface area contributed by atoms with E-state index in [4.69, 9.17) is 0 Å². The lowest BCUT2D eigenvalue weighted by Gasteiger charge is -2.43. The summed E-state index contributed by atoms with van der Waals surface area (Å²) in [4.78, 5) is 48.3. The van der Waals surface area contributed by atoms with Gasteiger partial charge in [-0.05, 0) is 68.3 Å². The summed E-state index contributed by atoms with van der Waals surface area (Å²) in [5.74, 6) is 0.0156. The maximum atomic E-state index is 13.8. The molecule has 0 aromatic heterocycles. The Morgan fingerprint density at radius 2 is 1.58 bits per heavy atom. The average molecular weight is 508 g/mol. The molecule has 8 nitrogen and oxygen atoms in total. The van der Waals surface area contributed by atoms with Gasteiger partial charge >= 0.3 is 6.03 Å². The number of urea groups is 1. The van der Waals surface area contributed by atoms with Gasteiger partial charge in [-0.2, -0.15) is 0 Å². The molecule has 3 saturated heterocycles. The zero-order valence-electron chi connectivity index (χ0n) is 20.7. The first-order chi connectivity index (χ1) is 17.5. The van der Waals surface area contributed by atoms with Crippen molar-refractivity contribution in [1.82, 2.24) is 14.7 Å². The Hall–Kier alpha value is -3.20. The number of nitrogens with zero attached hydrogens (tertiary/aromatic N) is 4. The fourth-order valence-electron chi connectivity index (χ4n) is 5.51. The molecule has 0 saturated carbocycles. The minimum Gasteiger partial charge on any atom is -0.341 e. The van der Waals surface area contributed by atoms with Gasteiger partial charge in [0, 0.05) is 42.4 Å². The van der Waals surface area contributed by atoms with Crippen LogP contribution in [0.1, 0.15) is 25.7 Å². The van der Waals surface area contributed by atoms with E-state index in [1.165, 1.54) is 0 Å². The molecule has 190 valence electrons. The third-order valence-corrected chi connectivity index (χ3v) is 8.33. The molecule has 4 amide bonds. The SMILES string of the molecule is CSc1ccc(NC(=O)N2CCC3(CC2)C(=O)N(CC(=O)N2CCCC2)CN3c2ccccc2)cc1. The fourth-order valence-corrected chi connectivity index (χ4v) is 5.92. The van der Waals surface area contributed by atoms with Crippen molar-refractivity contribution >= 4 is 41.0 Å². The lowest BCUT2D eigenvalue weighted by molar-refractivity contribution is -0.140. The van der Waals surface area contributed by atoms with Crippen LogP contribution in [0.25, 0.3) is 0 Å². The second-order valence-electron chi connectivity index (χ2n) is 9.67. The van der Waals surface area contributed by atoms with Crippen LogP contribution in [0.4, 0.5) is 16.2 Å². The van der Waals surface area contributed by atoms with Crippen LogP contribution in [-0.2, 0) is 9.59 Å². The lowest BCUT2D eigenvalue weighted by Crippen LogP contribution is -2.58. The predicted molar refractivity (Wildman–Crippen MR) is 142 cm³/mol. The molecule has 1 spiro atoms. The Bertz CT molecular complexity index is 1100. The highest BCUT2D eigenvalue weighted by Crippen LogP contribution is 2.39. The van der Waals surface area contributed by atoms with Crippen LogP contribution in [0, 0.1) is 0 Å². The zero-order valence-corrected chi connectivity index (χ0v) is 21.5. The molecule has 0 radical (unpaired) electrons. The molecule has 36 heavy (non-hydrogen) atoms. The predicted octanol–water partition coefficient (Wildman–Crippen LogP) is 3.70. The van der Waals surface area contributed by atoms with Crippen LogP contribution in [-0.4, -0.2) is 83.7 Å². The summed E-state index contributed by atoms with van der Waals surface area (Å²) >= 11 is 1.66. The van der Waals surface area contributed by atoms with Crippen molar-refractivity contribution in [2.24, 2.45) is 0 Å². The number of hydrogen-bond acceptors (Lipinski definition) is 5. The largest absolute Gasteiger partial charge is 0.341 e. The van der Waals surface area contributed by atoms with Gasteiger partial charge in [0.1, 0.15) is 12.1 Å². The van der Waals surface area contributed by atoms with Crippen molar-refractivity contribution in [3.05, 3.63) is 54.6 Å². The molecule has 2 aromatic rings. The van der Waals surface area contributed by atoms with Crippen molar-refractivity contribution < 1.29 is 14.4 Å². The van der Waals surface area contributed by atoms with Gasteiger partial charge in [0.05, 0.1) is 6.67 Å². The van der Waals surface area contributed by atoms with E-state index in [1.54, 1.807) is 21.6 Å². The Morgan fingerprint density at radius 1 is 0.917 bits per heavy atom. The molecule has 0 unspecified atom stereocenters. The molecular formula is C27H33N5O3S. The van der Waals surface area contributed by atoms with Gasteiger partial charge in [-0.1, -0.05) is 18.2 Å². The summed E-state index contributed by atoms with van der Waals surface area (Å²) in [6.45, 7) is 2.99. The number of nitrogens with one attached hydrogen (secondary N) is 1. The standard InChI is InChI=1S/C27H33N5O3S/c1-36-23-11-9-21(10-12-23)28-26(35)30-17-13-27(14-18-30)25(34)31(19-24(33)29-15-5-6-16-29)20-32(27)22-7-3-2-4-8-22/h2-4,7-12H,5-6,13-20H2,1H3,(H,28,35). The molecule has 1 N–H and O–H groups in total. The Kier molecular flexibility index (Phi) is 7.09. The molecule has 2 aromatic carbocycles. The average Bonchev–Trinajstić information content (AvgIpc) is 3.54. The Balaban J connectivity index is 1.29. The van der Waals surface area contributed by atoms with Gasteiger partial charge in [-0.25, -0.2) is 4.79 Å². The summed E-state index contributed by atoms with van der Waals surface area (Å²) in [5.41, 5.74) is 0.977. The van der Waals surface area contributed by atoms with Crippen LogP contribution in [0.2, 0.25) is 0 Å². The second kappa shape index (κ2) is 10.4. The van der Waals surface area contributed by atoms with E-state index in [9.17, 15) is 14.4 Å². The van der Waals surface area contributed by atoms with Crippen molar-refractivity contribution in [2.75, 3.05) is 55.9 Å². The van der Waals surface area contributed by atoms with Crippen LogP contribution in [0.5, 0.6) is 0 Å². The maximum absolute atomic E-state index is 13.8. The number of benzene rings is 2. The highest BCUT2D eigenvalue weighted by atomic mass is 32.2. The minimum absolute atomic E-state index is 0.00777. The number of carbonyl (C=O) groups is 3. The van der Waals surface area contributed by atoms with Crippen LogP contribution in [0.3, 0.4) is 0 Å². The number of rotatable bonds is 5. The van der Waals surface area contributed by atoms with Crippen molar-refractivity contribution in [2.45, 2.75) is 36.1 Å². The molecule has 0 atom stereocenters. The van der Waals surface area contributed by atoms with Crippen LogP contribution < -0.4 is 10.2 Å². The molecule has 3 heterocycles. The molecule has 9 heteroatoms. The molecular weight excluding hydrogens is 474 g/mol. The minimum atomic E-state index is -0.747. The van der Waals surface area contributed by atoms with E-state index in [0.717, 1.165) is 42.2 Å². The number of likely N-dealkylation sites (tertiary alicyclic amines) is 2. The Morgan fingerprint density at radius 3 is 2.22 bits per heavy atom. The monoisotopic (exact) mass is 507 g/mol. The summed E-state index contributed by atoms with van der Waals surface area (Å²) in [6, 6.07) is 17.5. The highest BCUT2D eigenvalue weighted by Gasteiger charge is 2.54. The fraction of sp³-hybridized carbons (Fsp3) is 0.444. The molecule has 3 aliphatic heterocycles. The molecule has 5 rings (SSSR count). The normalized spacial score (nSPS) is 19.3. The topological polar surface area (TPSA) is 76.2 Å². The summed E-state index contributed by atoms with van der Waals surface area (Å²) in [6.07, 6.45) is 5.12. The third kappa shape index (κ3) is 4.76. The number of para-hydroxylation sites is 1. The summed E-state index contributed by atoms with van der Waals surface area (Å²) in [7, 11) is 0. The van der Waals surface area contributed by atoms with E-state index in [2.05, 4.69) is 10.2 Å². The van der Waals surface area contributed by atoms with E-state index in [1.807, 2.05) is 65.8 Å². The molecule has 3 aliphatic rings. The van der Waals surface area contributed by atoms with Gasteiger partial charge in [-0.3, -0.25) is 9.59 Å². The number of piperidine rings is 1. The van der Waals surface area contributed by atoms with Crippen molar-refractivity contribution in [1.29, 1.82) is 0 Å². The molecule has 0 aliphatic carbocycles. The van der Waals surface area contributed by atoms with Gasteiger partial charge < -0.3 is 24.9 Å². The first-order valence-electron chi connectivity index (χ1n) is 12.6. The summed E-state index contributed by atoms with van der Waals surface area (Å²) in [5, 5.41) is 2.98. The molecule has 0 bridgehead atoms. The lowest BCUT2D eigenvalue weighted by atomic mass is 9.85. The zero-order chi connectivity index (χ0) is 25.1. The number of hydrogen-bond donors (Lipinski definition) is 1. The highest BCUT2D eigenvalue weighted by molar-refractivity contribution is 7.98. The van der Waals surface area contributed by atoms with Crippen molar-refractivity contribution in [3.63, 3.8) is 0 Å². The van der Waals surface area contributed by atoms with Gasteiger partial charge in [0.25, 0.3) is 5.91 Å².